The van der Waals surface area contributed by atoms with Crippen molar-refractivity contribution < 1.29 is 32.6 Å². The zero-order valence-electron chi connectivity index (χ0n) is 19.6. The van der Waals surface area contributed by atoms with E-state index in [9.17, 15) is 9.36 Å². The second-order valence-corrected chi connectivity index (χ2v) is 9.59. The number of anilines is 1. The first-order chi connectivity index (χ1) is 15.1. The highest BCUT2D eigenvalue weighted by molar-refractivity contribution is 7.54. The highest BCUT2D eigenvalue weighted by atomic mass is 31.2. The molecule has 0 radical (unpaired) electrons. The standard InChI is InChI=1S/C23H32NO7P/c1-15(2)30-32(26,31-16(3)4)22(20-13-12-19(27-5)14-21(20)28-6)24-18-10-8-17(9-11-18)23(25)29-7/h8-16,22,24H,1-7H3. The minimum atomic E-state index is -3.75. The number of methoxy groups -OCH3 is 3. The zero-order valence-corrected chi connectivity index (χ0v) is 20.5. The Labute approximate surface area is 189 Å². The second kappa shape index (κ2) is 11.4. The lowest BCUT2D eigenvalue weighted by Crippen LogP contribution is -2.20. The highest BCUT2D eigenvalue weighted by Crippen LogP contribution is 2.63. The molecule has 0 aliphatic rings. The van der Waals surface area contributed by atoms with Crippen LogP contribution in [0.1, 0.15) is 49.4 Å². The van der Waals surface area contributed by atoms with E-state index in [0.717, 1.165) is 0 Å². The van der Waals surface area contributed by atoms with Gasteiger partial charge in [-0.3, -0.25) is 4.57 Å². The third-order valence-corrected chi connectivity index (χ3v) is 6.85. The molecule has 8 nitrogen and oxygen atoms in total. The van der Waals surface area contributed by atoms with E-state index in [2.05, 4.69) is 5.32 Å². The smallest absolute Gasteiger partial charge is 0.357 e. The van der Waals surface area contributed by atoms with E-state index in [-0.39, 0.29) is 12.2 Å². The number of esters is 1. The number of nitrogens with one attached hydrogen (secondary N) is 1. The first-order valence-corrected chi connectivity index (χ1v) is 11.9. The van der Waals surface area contributed by atoms with Gasteiger partial charge >= 0.3 is 13.6 Å². The maximum Gasteiger partial charge on any atom is 0.357 e. The van der Waals surface area contributed by atoms with Crippen LogP contribution in [0.3, 0.4) is 0 Å². The number of rotatable bonds is 11. The minimum absolute atomic E-state index is 0.352. The Kier molecular flexibility index (Phi) is 9.13. The Hall–Kier alpha value is -2.54. The number of benzene rings is 2. The van der Waals surface area contributed by atoms with Gasteiger partial charge in [0, 0.05) is 17.3 Å². The average Bonchev–Trinajstić information content (AvgIpc) is 2.75. The molecule has 0 aromatic heterocycles. The summed E-state index contributed by atoms with van der Waals surface area (Å²) in [6.45, 7) is 7.18. The summed E-state index contributed by atoms with van der Waals surface area (Å²) in [5.74, 6) is -0.275. The van der Waals surface area contributed by atoms with E-state index >= 15 is 0 Å². The van der Waals surface area contributed by atoms with Crippen molar-refractivity contribution in [2.75, 3.05) is 26.6 Å². The summed E-state index contributed by atoms with van der Waals surface area (Å²) in [7, 11) is 0.653. The van der Waals surface area contributed by atoms with Crippen molar-refractivity contribution in [3.63, 3.8) is 0 Å². The van der Waals surface area contributed by atoms with Gasteiger partial charge in [-0.05, 0) is 64.1 Å². The maximum atomic E-state index is 14.1. The van der Waals surface area contributed by atoms with Gasteiger partial charge in [0.05, 0.1) is 39.1 Å². The molecular weight excluding hydrogens is 433 g/mol. The molecule has 9 heteroatoms. The first kappa shape index (κ1) is 25.7. The molecule has 0 saturated carbocycles. The van der Waals surface area contributed by atoms with Crippen LogP contribution in [0.2, 0.25) is 0 Å². The number of ether oxygens (including phenoxy) is 3. The highest BCUT2D eigenvalue weighted by Gasteiger charge is 2.41. The van der Waals surface area contributed by atoms with Crippen molar-refractivity contribution in [3.05, 3.63) is 53.6 Å². The molecule has 0 heterocycles. The van der Waals surface area contributed by atoms with Crippen LogP contribution in [0, 0.1) is 0 Å². The lowest BCUT2D eigenvalue weighted by Gasteiger charge is -2.32. The number of hydrogen-bond donors (Lipinski definition) is 1. The molecule has 0 fully saturated rings. The largest absolute Gasteiger partial charge is 0.497 e. The summed E-state index contributed by atoms with van der Waals surface area (Å²) >= 11 is 0. The molecular formula is C23H32NO7P. The third-order valence-electron chi connectivity index (χ3n) is 4.38. The van der Waals surface area contributed by atoms with Crippen LogP contribution < -0.4 is 14.8 Å². The molecule has 0 aliphatic heterocycles. The summed E-state index contributed by atoms with van der Waals surface area (Å²) in [4.78, 5) is 11.8. The quantitative estimate of drug-likeness (QED) is 0.336. The summed E-state index contributed by atoms with van der Waals surface area (Å²) < 4.78 is 41.5. The average molecular weight is 465 g/mol. The fraction of sp³-hybridized carbons (Fsp3) is 0.435. The summed E-state index contributed by atoms with van der Waals surface area (Å²) in [6, 6.07) is 11.9. The molecule has 2 aromatic carbocycles. The molecule has 176 valence electrons. The van der Waals surface area contributed by atoms with Crippen molar-refractivity contribution >= 4 is 19.3 Å². The van der Waals surface area contributed by atoms with Gasteiger partial charge in [-0.15, -0.1) is 0 Å². The van der Waals surface area contributed by atoms with E-state index in [1.807, 2.05) is 0 Å². The van der Waals surface area contributed by atoms with Gasteiger partial charge in [0.2, 0.25) is 0 Å². The van der Waals surface area contributed by atoms with Gasteiger partial charge in [0.1, 0.15) is 11.5 Å². The maximum absolute atomic E-state index is 14.1. The van der Waals surface area contributed by atoms with Crippen LogP contribution >= 0.6 is 7.60 Å². The summed E-state index contributed by atoms with van der Waals surface area (Å²) in [6.07, 6.45) is -0.704. The van der Waals surface area contributed by atoms with Crippen molar-refractivity contribution in [3.8, 4) is 11.5 Å². The van der Waals surface area contributed by atoms with Gasteiger partial charge in [-0.25, -0.2) is 4.79 Å². The van der Waals surface area contributed by atoms with Crippen LogP contribution in [0.5, 0.6) is 11.5 Å². The van der Waals surface area contributed by atoms with Gasteiger partial charge in [0.25, 0.3) is 0 Å². The molecule has 0 bridgehead atoms. The molecule has 1 unspecified atom stereocenters. The summed E-state index contributed by atoms with van der Waals surface area (Å²) in [5, 5.41) is 3.26. The van der Waals surface area contributed by atoms with Gasteiger partial charge in [0.15, 0.2) is 5.78 Å². The molecule has 32 heavy (non-hydrogen) atoms. The van der Waals surface area contributed by atoms with E-state index < -0.39 is 19.3 Å². The Morgan fingerprint density at radius 3 is 1.94 bits per heavy atom. The van der Waals surface area contributed by atoms with Crippen LogP contribution in [-0.4, -0.2) is 39.5 Å². The zero-order chi connectivity index (χ0) is 23.9. The van der Waals surface area contributed by atoms with Crippen molar-refractivity contribution in [2.45, 2.75) is 45.7 Å². The summed E-state index contributed by atoms with van der Waals surface area (Å²) in [5.41, 5.74) is 1.59. The van der Waals surface area contributed by atoms with Crippen molar-refractivity contribution in [1.29, 1.82) is 0 Å². The molecule has 0 aliphatic carbocycles. The molecule has 2 aromatic rings. The van der Waals surface area contributed by atoms with Crippen LogP contribution in [0.15, 0.2) is 42.5 Å². The molecule has 0 amide bonds. The van der Waals surface area contributed by atoms with Gasteiger partial charge < -0.3 is 28.6 Å². The predicted molar refractivity (Wildman–Crippen MR) is 124 cm³/mol. The fourth-order valence-electron chi connectivity index (χ4n) is 3.08. The third kappa shape index (κ3) is 6.48. The van der Waals surface area contributed by atoms with E-state index in [1.54, 1.807) is 77.3 Å². The lowest BCUT2D eigenvalue weighted by molar-refractivity contribution is 0.0600. The Balaban J connectivity index is 2.58. The Bertz CT molecular complexity index is 930. The molecule has 0 spiro atoms. The number of carbonyl (C=O) groups is 1. The van der Waals surface area contributed by atoms with E-state index in [4.69, 9.17) is 23.3 Å². The predicted octanol–water partition coefficient (Wildman–Crippen LogP) is 5.64. The Morgan fingerprint density at radius 2 is 1.47 bits per heavy atom. The normalized spacial score (nSPS) is 12.5. The van der Waals surface area contributed by atoms with Crippen LogP contribution in [0.4, 0.5) is 5.69 Å². The molecule has 1 N–H and O–H groups in total. The van der Waals surface area contributed by atoms with E-state index in [1.165, 1.54) is 14.2 Å². The van der Waals surface area contributed by atoms with Gasteiger partial charge in [-0.1, -0.05) is 0 Å². The monoisotopic (exact) mass is 465 g/mol. The van der Waals surface area contributed by atoms with Crippen LogP contribution in [0.25, 0.3) is 0 Å². The number of carbonyl (C=O) groups excluding carboxylic acids is 1. The Morgan fingerprint density at radius 1 is 0.875 bits per heavy atom. The van der Waals surface area contributed by atoms with Crippen molar-refractivity contribution in [2.24, 2.45) is 0 Å². The fourth-order valence-corrected chi connectivity index (χ4v) is 5.41. The van der Waals surface area contributed by atoms with Gasteiger partial charge in [-0.2, -0.15) is 0 Å². The topological polar surface area (TPSA) is 92.3 Å². The SMILES string of the molecule is COC(=O)c1ccc(NC(c2ccc(OC)cc2OC)P(=O)(OC(C)C)OC(C)C)cc1. The molecule has 0 saturated heterocycles. The minimum Gasteiger partial charge on any atom is -0.497 e. The molecule has 1 atom stereocenters. The van der Waals surface area contributed by atoms with E-state index in [0.29, 0.717) is 28.3 Å². The first-order valence-electron chi connectivity index (χ1n) is 10.3. The number of hydrogen-bond acceptors (Lipinski definition) is 8. The molecule has 2 rings (SSSR count). The second-order valence-electron chi connectivity index (χ2n) is 7.57. The lowest BCUT2D eigenvalue weighted by atomic mass is 10.1. The van der Waals surface area contributed by atoms with Crippen LogP contribution in [-0.2, 0) is 18.3 Å². The van der Waals surface area contributed by atoms with Crippen molar-refractivity contribution in [1.82, 2.24) is 0 Å².